The predicted octanol–water partition coefficient (Wildman–Crippen LogP) is 5.21. The van der Waals surface area contributed by atoms with Crippen LogP contribution in [0, 0.1) is 22.5 Å². The van der Waals surface area contributed by atoms with Crippen LogP contribution in [0.5, 0.6) is 5.88 Å². The van der Waals surface area contributed by atoms with Crippen molar-refractivity contribution in [3.05, 3.63) is 77.1 Å². The molecule has 1 fully saturated rings. The van der Waals surface area contributed by atoms with E-state index in [1.54, 1.807) is 24.3 Å². The average molecular weight is 596 g/mol. The molecule has 5 rings (SSSR count). The molecule has 0 spiro atoms. The average Bonchev–Trinajstić information content (AvgIpc) is 3.30. The molecule has 218 valence electrons. The highest BCUT2D eigenvalue weighted by Gasteiger charge is 2.24. The Morgan fingerprint density at radius 2 is 1.90 bits per heavy atom. The van der Waals surface area contributed by atoms with Crippen LogP contribution >= 0.6 is 11.8 Å². The molecule has 0 saturated carbocycles. The van der Waals surface area contributed by atoms with Crippen LogP contribution in [-0.2, 0) is 27.2 Å². The van der Waals surface area contributed by atoms with Crippen molar-refractivity contribution in [2.75, 3.05) is 27.4 Å². The van der Waals surface area contributed by atoms with Crippen LogP contribution in [0.25, 0.3) is 22.3 Å². The fourth-order valence-electron chi connectivity index (χ4n) is 4.45. The van der Waals surface area contributed by atoms with E-state index in [4.69, 9.17) is 29.8 Å². The molecule has 1 aliphatic rings. The van der Waals surface area contributed by atoms with Gasteiger partial charge in [-0.2, -0.15) is 0 Å². The van der Waals surface area contributed by atoms with Crippen LogP contribution in [0.2, 0.25) is 0 Å². The van der Waals surface area contributed by atoms with E-state index in [0.717, 1.165) is 30.3 Å². The second-order valence-electron chi connectivity index (χ2n) is 9.38. The van der Waals surface area contributed by atoms with Gasteiger partial charge >= 0.3 is 5.97 Å². The van der Waals surface area contributed by atoms with Crippen LogP contribution in [0.15, 0.2) is 48.5 Å². The van der Waals surface area contributed by atoms with E-state index < -0.39 is 17.6 Å². The number of pyridine rings is 1. The highest BCUT2D eigenvalue weighted by molar-refractivity contribution is 8.26. The third-order valence-corrected chi connectivity index (χ3v) is 7.38. The smallest absolute Gasteiger partial charge is 0.337 e. The number of fused-ring (bicyclic) bond motifs is 1. The zero-order valence-corrected chi connectivity index (χ0v) is 23.6. The van der Waals surface area contributed by atoms with Crippen LogP contribution in [0.1, 0.15) is 28.2 Å². The van der Waals surface area contributed by atoms with Gasteiger partial charge in [0, 0.05) is 24.7 Å². The number of aromatic nitrogens is 3. The molecular formula is C29H27F2N5O5S. The number of rotatable bonds is 9. The van der Waals surface area contributed by atoms with Crippen molar-refractivity contribution in [2.24, 2.45) is 0 Å². The number of imidazole rings is 1. The highest BCUT2D eigenvalue weighted by Crippen LogP contribution is 2.29. The quantitative estimate of drug-likeness (QED) is 0.153. The van der Waals surface area contributed by atoms with Gasteiger partial charge in [0.2, 0.25) is 11.1 Å². The second-order valence-corrected chi connectivity index (χ2v) is 10.4. The highest BCUT2D eigenvalue weighted by atomic mass is 32.2. The Labute approximate surface area is 244 Å². The molecule has 0 unspecified atom stereocenters. The molecule has 1 saturated heterocycles. The van der Waals surface area contributed by atoms with Gasteiger partial charge in [-0.15, -0.1) is 0 Å². The third-order valence-electron chi connectivity index (χ3n) is 6.66. The normalized spacial score (nSPS) is 14.3. The molecule has 0 aliphatic carbocycles. The van der Waals surface area contributed by atoms with Crippen molar-refractivity contribution < 1.29 is 32.5 Å². The van der Waals surface area contributed by atoms with Gasteiger partial charge in [0.25, 0.3) is 0 Å². The summed E-state index contributed by atoms with van der Waals surface area (Å²) in [6.45, 7) is 0.941. The number of carbonyl (C=O) groups excluding carboxylic acids is 1. The molecule has 4 aromatic rings. The van der Waals surface area contributed by atoms with Crippen LogP contribution in [-0.4, -0.2) is 64.3 Å². The monoisotopic (exact) mass is 595 g/mol. The number of benzene rings is 2. The van der Waals surface area contributed by atoms with Gasteiger partial charge in [0.15, 0.2) is 0 Å². The van der Waals surface area contributed by atoms with E-state index in [1.807, 2.05) is 4.57 Å². The Morgan fingerprint density at radius 3 is 2.62 bits per heavy atom. The van der Waals surface area contributed by atoms with E-state index in [-0.39, 0.29) is 52.1 Å². The lowest BCUT2D eigenvalue weighted by atomic mass is 10.0. The summed E-state index contributed by atoms with van der Waals surface area (Å²) in [7, 11) is 2.64. The van der Waals surface area contributed by atoms with Crippen molar-refractivity contribution in [2.45, 2.75) is 25.5 Å². The molecule has 1 atom stereocenters. The number of hydrogen-bond donors (Lipinski definition) is 2. The van der Waals surface area contributed by atoms with Crippen molar-refractivity contribution >= 4 is 39.0 Å². The Hall–Kier alpha value is -4.36. The summed E-state index contributed by atoms with van der Waals surface area (Å²) >= 11 is 0.786. The molecular weight excluding hydrogens is 568 g/mol. The van der Waals surface area contributed by atoms with E-state index in [2.05, 4.69) is 9.97 Å². The number of halogens is 2. The summed E-state index contributed by atoms with van der Waals surface area (Å²) in [6.07, 6.45) is 0.826. The van der Waals surface area contributed by atoms with E-state index in [9.17, 15) is 4.79 Å². The van der Waals surface area contributed by atoms with Crippen molar-refractivity contribution in [3.8, 4) is 17.1 Å². The van der Waals surface area contributed by atoms with E-state index in [1.165, 1.54) is 26.4 Å². The minimum atomic E-state index is -0.675. The maximum atomic E-state index is 15.4. The summed E-state index contributed by atoms with van der Waals surface area (Å²) < 4.78 is 53.4. The first-order valence-corrected chi connectivity index (χ1v) is 13.7. The number of ether oxygens (including phenoxy) is 4. The van der Waals surface area contributed by atoms with Crippen LogP contribution in [0.4, 0.5) is 8.78 Å². The second kappa shape index (κ2) is 12.7. The molecule has 2 aromatic carbocycles. The number of hydrogen-bond acceptors (Lipinski definition) is 10. The number of carbonyl (C=O) groups is 1. The van der Waals surface area contributed by atoms with Gasteiger partial charge < -0.3 is 23.5 Å². The lowest BCUT2D eigenvalue weighted by Gasteiger charge is -2.27. The summed E-state index contributed by atoms with van der Waals surface area (Å²) in [4.78, 5) is 21.0. The van der Waals surface area contributed by atoms with Crippen molar-refractivity contribution in [3.63, 3.8) is 0 Å². The first-order valence-electron chi connectivity index (χ1n) is 12.9. The molecule has 1 aliphatic heterocycles. The largest absolute Gasteiger partial charge is 0.476 e. The molecule has 3 heterocycles. The third kappa shape index (κ3) is 6.42. The minimum Gasteiger partial charge on any atom is -0.476 e. The standard InChI is InChI=1S/C29H27F2N5O5S/c1-38-28(37)16-6-7-23-24(11-16)36(14-18-8-9-40-18)26(34-23)12-17-10-21(31)19(13-20(17)30)22-4-3-5-27(35-22)41-15-25(32)42-29(33)39-2/h3-7,10-11,13,18,32-33H,8-9,12,14-15H2,1-2H3/t18-/m0/s1. The molecule has 2 aromatic heterocycles. The lowest BCUT2D eigenvalue weighted by Crippen LogP contribution is -2.31. The fourth-order valence-corrected chi connectivity index (χ4v) is 4.87. The summed E-state index contributed by atoms with van der Waals surface area (Å²) in [5.74, 6) is -1.18. The zero-order valence-electron chi connectivity index (χ0n) is 22.8. The lowest BCUT2D eigenvalue weighted by molar-refractivity contribution is -0.0589. The topological polar surface area (TPSA) is 132 Å². The van der Waals surface area contributed by atoms with Gasteiger partial charge in [0.1, 0.15) is 29.1 Å². The Kier molecular flexibility index (Phi) is 8.78. The van der Waals surface area contributed by atoms with Crippen molar-refractivity contribution in [1.29, 1.82) is 10.8 Å². The maximum Gasteiger partial charge on any atom is 0.337 e. The molecule has 2 N–H and O–H groups in total. The Balaban J connectivity index is 1.40. The first-order chi connectivity index (χ1) is 20.2. The molecule has 42 heavy (non-hydrogen) atoms. The fraction of sp³-hybridized carbons (Fsp3) is 0.276. The Morgan fingerprint density at radius 1 is 1.10 bits per heavy atom. The number of esters is 1. The predicted molar refractivity (Wildman–Crippen MR) is 153 cm³/mol. The van der Waals surface area contributed by atoms with Crippen molar-refractivity contribution in [1.82, 2.24) is 14.5 Å². The van der Waals surface area contributed by atoms with E-state index in [0.29, 0.717) is 35.6 Å². The SMILES string of the molecule is COC(=N)SC(=N)COc1cccc(-c2cc(F)c(Cc3nc4ccc(C(=O)OC)cc4n3C[C@@H]3CCO3)cc2F)n1. The van der Waals surface area contributed by atoms with Crippen LogP contribution in [0.3, 0.4) is 0 Å². The number of thioether (sulfide) groups is 1. The van der Waals surface area contributed by atoms with Gasteiger partial charge in [0.05, 0.1) is 49.2 Å². The zero-order chi connectivity index (χ0) is 29.8. The van der Waals surface area contributed by atoms with Gasteiger partial charge in [-0.3, -0.25) is 10.8 Å². The first kappa shape index (κ1) is 29.1. The molecule has 0 bridgehead atoms. The van der Waals surface area contributed by atoms with E-state index >= 15 is 8.78 Å². The summed E-state index contributed by atoms with van der Waals surface area (Å²) in [6, 6.07) is 11.9. The molecule has 13 heteroatoms. The number of nitrogens with zero attached hydrogens (tertiary/aromatic N) is 3. The van der Waals surface area contributed by atoms with Crippen LogP contribution < -0.4 is 4.74 Å². The minimum absolute atomic E-state index is 0.00479. The molecule has 0 radical (unpaired) electrons. The Bertz CT molecular complexity index is 1670. The maximum absolute atomic E-state index is 15.4. The van der Waals surface area contributed by atoms with Gasteiger partial charge in [-0.1, -0.05) is 6.07 Å². The van der Waals surface area contributed by atoms with Gasteiger partial charge in [-0.25, -0.2) is 23.5 Å². The summed E-state index contributed by atoms with van der Waals surface area (Å²) in [5.41, 5.74) is 1.86. The summed E-state index contributed by atoms with van der Waals surface area (Å²) in [5, 5.41) is 15.2. The molecule has 0 amide bonds. The molecule has 10 nitrogen and oxygen atoms in total. The number of nitrogens with one attached hydrogen (secondary N) is 2. The number of methoxy groups -OCH3 is 2. The van der Waals surface area contributed by atoms with Gasteiger partial charge in [-0.05, 0) is 60.1 Å².